The molecule has 2 aliphatic heterocycles. The molecule has 0 unspecified atom stereocenters. The molecule has 2 aliphatic rings. The maximum Gasteiger partial charge on any atom is 0.236 e. The van der Waals surface area contributed by atoms with Gasteiger partial charge in [-0.15, -0.1) is 0 Å². The minimum Gasteiger partial charge on any atom is -0.493 e. The lowest BCUT2D eigenvalue weighted by atomic mass is 9.78. The van der Waals surface area contributed by atoms with Crippen molar-refractivity contribution in [3.8, 4) is 23.0 Å². The first-order valence-corrected chi connectivity index (χ1v) is 13.6. The van der Waals surface area contributed by atoms with Crippen molar-refractivity contribution in [2.75, 3.05) is 33.2 Å². The fraction of sp³-hybridized carbons (Fsp3) is 0.355. The zero-order valence-corrected chi connectivity index (χ0v) is 24.5. The van der Waals surface area contributed by atoms with Gasteiger partial charge in [-0.25, -0.2) is 0 Å². The number of nitrogens with zero attached hydrogens (tertiary/aromatic N) is 1. The van der Waals surface area contributed by atoms with E-state index < -0.39 is 17.7 Å². The van der Waals surface area contributed by atoms with Gasteiger partial charge in [0.2, 0.25) is 5.91 Å². The number of hydrogen-bond acceptors (Lipinski definition) is 6. The molecule has 1 fully saturated rings. The van der Waals surface area contributed by atoms with E-state index in [1.165, 1.54) is 0 Å². The third-order valence-electron chi connectivity index (χ3n) is 7.84. The molecule has 9 heteroatoms. The summed E-state index contributed by atoms with van der Waals surface area (Å²) in [7, 11) is 4.84. The van der Waals surface area contributed by atoms with Gasteiger partial charge in [-0.2, -0.15) is 0 Å². The Morgan fingerprint density at radius 3 is 2.48 bits per heavy atom. The average Bonchev–Trinajstić information content (AvgIpc) is 2.93. The van der Waals surface area contributed by atoms with E-state index >= 15 is 0 Å². The molecule has 0 radical (unpaired) electrons. The van der Waals surface area contributed by atoms with Crippen LogP contribution in [0.25, 0.3) is 0 Å². The summed E-state index contributed by atoms with van der Waals surface area (Å²) in [6.07, 6.45) is 0.635. The quantitative estimate of drug-likeness (QED) is 0.365. The predicted molar refractivity (Wildman–Crippen MR) is 158 cm³/mol. The minimum atomic E-state index is -1.09. The first kappa shape index (κ1) is 27.6. The van der Waals surface area contributed by atoms with Crippen molar-refractivity contribution in [3.63, 3.8) is 0 Å². The number of rotatable bonds is 8. The predicted octanol–water partition coefficient (Wildman–Crippen LogP) is 5.17. The van der Waals surface area contributed by atoms with Crippen molar-refractivity contribution in [2.45, 2.75) is 39.0 Å². The van der Waals surface area contributed by atoms with E-state index in [-0.39, 0.29) is 5.91 Å². The maximum absolute atomic E-state index is 14.1. The van der Waals surface area contributed by atoms with Gasteiger partial charge in [0.25, 0.3) is 0 Å². The van der Waals surface area contributed by atoms with Crippen molar-refractivity contribution < 1.29 is 23.7 Å². The minimum absolute atomic E-state index is 0.154. The standard InChI is InChI=1S/C31H35N3O5S/c1-18-10-12-22(19(2)16-18)32-29(35)26-27-21-8-7-9-24(37-5)28(21)39-31(26,3)34(30(40)33-27)15-14-20-11-13-23(36-4)25(17-20)38-6/h7-13,16-17,26-27H,14-15H2,1-6H3,(H,32,35)(H,33,40)/t26-,27-,31+/m1/s1. The smallest absolute Gasteiger partial charge is 0.236 e. The Bertz CT molecular complexity index is 1460. The monoisotopic (exact) mass is 561 g/mol. The Balaban J connectivity index is 1.52. The summed E-state index contributed by atoms with van der Waals surface area (Å²) in [5.74, 6) is 1.77. The number of carbonyl (C=O) groups is 1. The highest BCUT2D eigenvalue weighted by molar-refractivity contribution is 7.80. The number of carbonyl (C=O) groups excluding carboxylic acids is 1. The molecular weight excluding hydrogens is 526 g/mol. The summed E-state index contributed by atoms with van der Waals surface area (Å²) in [6.45, 7) is 6.46. The molecule has 0 spiro atoms. The third kappa shape index (κ3) is 4.79. The molecule has 210 valence electrons. The Morgan fingerprint density at radius 2 is 1.77 bits per heavy atom. The Kier molecular flexibility index (Phi) is 7.51. The second-order valence-corrected chi connectivity index (χ2v) is 10.7. The molecule has 2 N–H and O–H groups in total. The summed E-state index contributed by atoms with van der Waals surface area (Å²) in [5, 5.41) is 7.16. The SMILES string of the molecule is COc1ccc(CCN2C(=S)N[C@@H]3c4cccc(OC)c4O[C@@]2(C)[C@H]3C(=O)Nc2ccc(C)cc2C)cc1OC. The molecule has 3 aromatic rings. The average molecular weight is 562 g/mol. The largest absolute Gasteiger partial charge is 0.493 e. The van der Waals surface area contributed by atoms with Crippen LogP contribution >= 0.6 is 12.2 Å². The van der Waals surface area contributed by atoms with Crippen LogP contribution in [-0.4, -0.2) is 49.5 Å². The number of fused-ring (bicyclic) bond motifs is 4. The topological polar surface area (TPSA) is 81.3 Å². The van der Waals surface area contributed by atoms with Gasteiger partial charge >= 0.3 is 0 Å². The van der Waals surface area contributed by atoms with Gasteiger partial charge in [0.05, 0.1) is 27.4 Å². The first-order chi connectivity index (χ1) is 19.2. The van der Waals surface area contributed by atoms with E-state index in [0.717, 1.165) is 27.9 Å². The maximum atomic E-state index is 14.1. The molecule has 8 nitrogen and oxygen atoms in total. The van der Waals surface area contributed by atoms with E-state index in [1.807, 2.05) is 74.2 Å². The van der Waals surface area contributed by atoms with Crippen molar-refractivity contribution in [3.05, 3.63) is 76.9 Å². The van der Waals surface area contributed by atoms with Crippen LogP contribution in [0.4, 0.5) is 5.69 Å². The fourth-order valence-electron chi connectivity index (χ4n) is 5.76. The van der Waals surface area contributed by atoms with Gasteiger partial charge in [0.1, 0.15) is 5.92 Å². The normalized spacial score (nSPS) is 21.1. The number of nitrogens with one attached hydrogen (secondary N) is 2. The van der Waals surface area contributed by atoms with Crippen LogP contribution in [0.3, 0.4) is 0 Å². The summed E-state index contributed by atoms with van der Waals surface area (Å²) in [4.78, 5) is 16.1. The van der Waals surface area contributed by atoms with Gasteiger partial charge in [-0.05, 0) is 74.8 Å². The molecule has 40 heavy (non-hydrogen) atoms. The van der Waals surface area contributed by atoms with E-state index in [2.05, 4.69) is 16.7 Å². The van der Waals surface area contributed by atoms with Crippen LogP contribution in [0, 0.1) is 19.8 Å². The van der Waals surface area contributed by atoms with Crippen LogP contribution in [0.15, 0.2) is 54.6 Å². The lowest BCUT2D eigenvalue weighted by molar-refractivity contribution is -0.149. The number of hydrogen-bond donors (Lipinski definition) is 2. The molecule has 0 aliphatic carbocycles. The van der Waals surface area contributed by atoms with E-state index in [1.54, 1.807) is 21.3 Å². The Hall–Kier alpha value is -3.98. The summed E-state index contributed by atoms with van der Waals surface area (Å²) >= 11 is 5.88. The van der Waals surface area contributed by atoms with Crippen LogP contribution in [0.5, 0.6) is 23.0 Å². The number of methoxy groups -OCH3 is 3. The Labute approximate surface area is 240 Å². The molecule has 3 atom stereocenters. The molecule has 1 saturated heterocycles. The van der Waals surface area contributed by atoms with Crippen LogP contribution < -0.4 is 29.6 Å². The molecule has 0 saturated carbocycles. The van der Waals surface area contributed by atoms with Crippen molar-refractivity contribution in [1.82, 2.24) is 10.2 Å². The van der Waals surface area contributed by atoms with Gasteiger partial charge in [-0.3, -0.25) is 4.79 Å². The molecular formula is C31H35N3O5S. The van der Waals surface area contributed by atoms with Gasteiger partial charge in [0, 0.05) is 17.8 Å². The van der Waals surface area contributed by atoms with E-state index in [0.29, 0.717) is 41.1 Å². The highest BCUT2D eigenvalue weighted by atomic mass is 32.1. The zero-order valence-electron chi connectivity index (χ0n) is 23.7. The molecule has 1 amide bonds. The van der Waals surface area contributed by atoms with Crippen molar-refractivity contribution in [1.29, 1.82) is 0 Å². The molecule has 0 aromatic heterocycles. The molecule has 3 aromatic carbocycles. The summed E-state index contributed by atoms with van der Waals surface area (Å²) in [6, 6.07) is 17.1. The van der Waals surface area contributed by atoms with E-state index in [9.17, 15) is 4.79 Å². The van der Waals surface area contributed by atoms with Gasteiger partial charge in [-0.1, -0.05) is 35.9 Å². The summed E-state index contributed by atoms with van der Waals surface area (Å²) in [5.41, 5.74) is 3.68. The second kappa shape index (κ2) is 10.9. The van der Waals surface area contributed by atoms with Crippen LogP contribution in [-0.2, 0) is 11.2 Å². The lowest BCUT2D eigenvalue weighted by Crippen LogP contribution is -2.71. The van der Waals surface area contributed by atoms with Gasteiger partial charge < -0.3 is 34.5 Å². The molecule has 5 rings (SSSR count). The van der Waals surface area contributed by atoms with Crippen LogP contribution in [0.2, 0.25) is 0 Å². The fourth-order valence-corrected chi connectivity index (χ4v) is 6.16. The number of thiocarbonyl (C=S) groups is 1. The number of amides is 1. The first-order valence-electron chi connectivity index (χ1n) is 13.2. The molecule has 2 bridgehead atoms. The van der Waals surface area contributed by atoms with Crippen molar-refractivity contribution in [2.24, 2.45) is 5.92 Å². The second-order valence-electron chi connectivity index (χ2n) is 10.3. The van der Waals surface area contributed by atoms with E-state index in [4.69, 9.17) is 31.2 Å². The number of aryl methyl sites for hydroxylation is 2. The van der Waals surface area contributed by atoms with Gasteiger partial charge in [0.15, 0.2) is 33.8 Å². The van der Waals surface area contributed by atoms with Crippen LogP contribution in [0.1, 0.15) is 35.2 Å². The number of para-hydroxylation sites is 1. The zero-order chi connectivity index (χ0) is 28.6. The highest BCUT2D eigenvalue weighted by Gasteiger charge is 2.59. The highest BCUT2D eigenvalue weighted by Crippen LogP contribution is 2.51. The number of anilines is 1. The number of ether oxygens (including phenoxy) is 4. The third-order valence-corrected chi connectivity index (χ3v) is 8.18. The molecule has 2 heterocycles. The number of benzene rings is 3. The Morgan fingerprint density at radius 1 is 1.02 bits per heavy atom. The lowest BCUT2D eigenvalue weighted by Gasteiger charge is -2.56. The van der Waals surface area contributed by atoms with Crippen molar-refractivity contribution >= 4 is 28.9 Å². The summed E-state index contributed by atoms with van der Waals surface area (Å²) < 4.78 is 23.3.